The van der Waals surface area contributed by atoms with Crippen molar-refractivity contribution in [1.29, 1.82) is 0 Å². The lowest BCUT2D eigenvalue weighted by Crippen LogP contribution is -2.22. The average molecular weight is 209 g/mol. The van der Waals surface area contributed by atoms with Crippen LogP contribution in [0.15, 0.2) is 30.3 Å². The van der Waals surface area contributed by atoms with Crippen LogP contribution < -0.4 is 0 Å². The lowest BCUT2D eigenvalue weighted by Gasteiger charge is -2.17. The maximum absolute atomic E-state index is 9.31. The predicted molar refractivity (Wildman–Crippen MR) is 50.5 cm³/mol. The molecular weight excluding hydrogens is 199 g/mol. The Morgan fingerprint density at radius 1 is 1.25 bits per heavy atom. The van der Waals surface area contributed by atoms with Gasteiger partial charge in [0.2, 0.25) is 0 Å². The third kappa shape index (κ3) is 2.64. The van der Waals surface area contributed by atoms with Crippen molar-refractivity contribution in [3.63, 3.8) is 0 Å². The molecule has 0 aromatic heterocycles. The second-order valence-electron chi connectivity index (χ2n) is 2.28. The molecule has 0 aliphatic carbocycles. The summed E-state index contributed by atoms with van der Waals surface area (Å²) in [5.74, 6) is 0. The number of rotatable bonds is 2. The van der Waals surface area contributed by atoms with Crippen molar-refractivity contribution in [2.75, 3.05) is 6.61 Å². The smallest absolute Gasteiger partial charge is 0.187 e. The molecule has 4 heteroatoms. The Balaban J connectivity index is 0.00000121. The zero-order valence-electron chi connectivity index (χ0n) is 6.27. The quantitative estimate of drug-likeness (QED) is 0.724. The van der Waals surface area contributed by atoms with Crippen molar-refractivity contribution in [1.82, 2.24) is 0 Å². The number of hydrogen-bond donors (Lipinski definition) is 2. The first-order valence-electron chi connectivity index (χ1n) is 3.24. The summed E-state index contributed by atoms with van der Waals surface area (Å²) in [6, 6.07) is 8.62. The highest BCUT2D eigenvalue weighted by molar-refractivity contribution is 6.22. The minimum absolute atomic E-state index is 0. The highest BCUT2D eigenvalue weighted by Crippen LogP contribution is 2.24. The number of benzene rings is 1. The van der Waals surface area contributed by atoms with Crippen LogP contribution in [0.2, 0.25) is 0 Å². The van der Waals surface area contributed by atoms with Gasteiger partial charge in [0.1, 0.15) is 0 Å². The highest BCUT2D eigenvalue weighted by atomic mass is 35.5. The molecule has 0 aliphatic rings. The van der Waals surface area contributed by atoms with E-state index < -0.39 is 11.7 Å². The maximum Gasteiger partial charge on any atom is 0.187 e. The molecule has 2 nitrogen and oxygen atoms in total. The summed E-state index contributed by atoms with van der Waals surface area (Å²) in [6.07, 6.45) is 0. The van der Waals surface area contributed by atoms with E-state index in [9.17, 15) is 5.11 Å². The minimum atomic E-state index is -1.64. The van der Waals surface area contributed by atoms with Gasteiger partial charge in [0.05, 0.1) is 6.61 Å². The summed E-state index contributed by atoms with van der Waals surface area (Å²) in [4.78, 5) is 0. The van der Waals surface area contributed by atoms with Crippen LogP contribution in [0.25, 0.3) is 0 Å². The van der Waals surface area contributed by atoms with Gasteiger partial charge < -0.3 is 10.2 Å². The van der Waals surface area contributed by atoms with E-state index in [1.54, 1.807) is 24.3 Å². The van der Waals surface area contributed by atoms with Crippen LogP contribution in [-0.2, 0) is 5.06 Å². The fourth-order valence-corrected chi connectivity index (χ4v) is 0.911. The molecule has 2 N–H and O–H groups in total. The molecule has 0 aliphatic heterocycles. The molecule has 0 bridgehead atoms. The molecular formula is C8H10Cl2O2. The topological polar surface area (TPSA) is 40.5 Å². The second-order valence-corrected chi connectivity index (χ2v) is 2.91. The first-order chi connectivity index (χ1) is 5.17. The van der Waals surface area contributed by atoms with Crippen LogP contribution in [0.1, 0.15) is 5.56 Å². The Bertz CT molecular complexity index is 224. The molecule has 0 saturated carbocycles. The third-order valence-corrected chi connectivity index (χ3v) is 1.76. The lowest BCUT2D eigenvalue weighted by molar-refractivity contribution is 0.0558. The van der Waals surface area contributed by atoms with E-state index in [4.69, 9.17) is 16.7 Å². The van der Waals surface area contributed by atoms with Crippen LogP contribution in [0.4, 0.5) is 0 Å². The van der Waals surface area contributed by atoms with Gasteiger partial charge in [-0.1, -0.05) is 41.9 Å². The van der Waals surface area contributed by atoms with Crippen molar-refractivity contribution < 1.29 is 10.2 Å². The third-order valence-electron chi connectivity index (χ3n) is 1.43. The second kappa shape index (κ2) is 4.67. The molecule has 1 aromatic rings. The number of alkyl halides is 1. The molecule has 0 radical (unpaired) electrons. The summed E-state index contributed by atoms with van der Waals surface area (Å²) >= 11 is 5.55. The Kier molecular flexibility index (Phi) is 4.57. The van der Waals surface area contributed by atoms with E-state index in [1.165, 1.54) is 0 Å². The van der Waals surface area contributed by atoms with Gasteiger partial charge in [-0.05, 0) is 0 Å². The molecule has 0 saturated heterocycles. The van der Waals surface area contributed by atoms with Crippen LogP contribution in [-0.4, -0.2) is 16.8 Å². The molecule has 68 valence electrons. The van der Waals surface area contributed by atoms with Gasteiger partial charge in [-0.2, -0.15) is 0 Å². The van der Waals surface area contributed by atoms with Crippen molar-refractivity contribution >= 4 is 24.0 Å². The first-order valence-corrected chi connectivity index (χ1v) is 3.62. The van der Waals surface area contributed by atoms with Crippen molar-refractivity contribution in [2.45, 2.75) is 5.06 Å². The average Bonchev–Trinajstić information content (AvgIpc) is 2.06. The standard InChI is InChI=1S/C8H9ClO2.ClH/c9-8(11,6-10)7-4-2-1-3-5-7;/h1-5,10-11H,6H2;1H. The molecule has 1 unspecified atom stereocenters. The van der Waals surface area contributed by atoms with Crippen LogP contribution in [0.3, 0.4) is 0 Å². The van der Waals surface area contributed by atoms with Gasteiger partial charge in [-0.15, -0.1) is 12.4 Å². The van der Waals surface area contributed by atoms with E-state index in [0.717, 1.165) is 0 Å². The highest BCUT2D eigenvalue weighted by Gasteiger charge is 2.23. The van der Waals surface area contributed by atoms with Crippen LogP contribution >= 0.6 is 24.0 Å². The van der Waals surface area contributed by atoms with Crippen molar-refractivity contribution in [3.8, 4) is 0 Å². The van der Waals surface area contributed by atoms with E-state index >= 15 is 0 Å². The molecule has 0 amide bonds. The summed E-state index contributed by atoms with van der Waals surface area (Å²) in [6.45, 7) is -0.488. The van der Waals surface area contributed by atoms with Gasteiger partial charge in [0, 0.05) is 5.56 Å². The van der Waals surface area contributed by atoms with Gasteiger partial charge in [0.15, 0.2) is 5.06 Å². The van der Waals surface area contributed by atoms with Gasteiger partial charge >= 0.3 is 0 Å². The Morgan fingerprint density at radius 2 is 1.75 bits per heavy atom. The summed E-state index contributed by atoms with van der Waals surface area (Å²) in [5.41, 5.74) is 0.504. The molecule has 1 rings (SSSR count). The van der Waals surface area contributed by atoms with Gasteiger partial charge in [-0.3, -0.25) is 0 Å². The fraction of sp³-hybridized carbons (Fsp3) is 0.250. The molecule has 0 heterocycles. The van der Waals surface area contributed by atoms with E-state index in [2.05, 4.69) is 0 Å². The van der Waals surface area contributed by atoms with Crippen molar-refractivity contribution in [3.05, 3.63) is 35.9 Å². The van der Waals surface area contributed by atoms with Gasteiger partial charge in [-0.25, -0.2) is 0 Å². The fourth-order valence-electron chi connectivity index (χ4n) is 0.785. The zero-order chi connectivity index (χ0) is 8.32. The normalized spacial score (nSPS) is 14.6. The van der Waals surface area contributed by atoms with E-state index in [0.29, 0.717) is 5.56 Å². The Morgan fingerprint density at radius 3 is 2.17 bits per heavy atom. The maximum atomic E-state index is 9.31. The number of hydrogen-bond acceptors (Lipinski definition) is 2. The van der Waals surface area contributed by atoms with E-state index in [1.807, 2.05) is 6.07 Å². The number of halogens is 2. The van der Waals surface area contributed by atoms with E-state index in [-0.39, 0.29) is 12.4 Å². The molecule has 0 spiro atoms. The molecule has 1 aromatic carbocycles. The summed E-state index contributed by atoms with van der Waals surface area (Å²) in [5, 5.41) is 16.3. The zero-order valence-corrected chi connectivity index (χ0v) is 7.85. The largest absolute Gasteiger partial charge is 0.392 e. The Hall–Kier alpha value is -0.280. The monoisotopic (exact) mass is 208 g/mol. The predicted octanol–water partition coefficient (Wildman–Crippen LogP) is 1.48. The summed E-state index contributed by atoms with van der Waals surface area (Å²) < 4.78 is 0. The van der Waals surface area contributed by atoms with Gasteiger partial charge in [0.25, 0.3) is 0 Å². The molecule has 1 atom stereocenters. The summed E-state index contributed by atoms with van der Waals surface area (Å²) in [7, 11) is 0. The minimum Gasteiger partial charge on any atom is -0.392 e. The molecule has 0 fully saturated rings. The SMILES string of the molecule is Cl.OCC(O)(Cl)c1ccccc1. The van der Waals surface area contributed by atoms with Crippen molar-refractivity contribution in [2.24, 2.45) is 0 Å². The van der Waals surface area contributed by atoms with Crippen LogP contribution in [0.5, 0.6) is 0 Å². The number of aliphatic hydroxyl groups excluding tert-OH is 1. The Labute approximate surface area is 82.2 Å². The van der Waals surface area contributed by atoms with Crippen LogP contribution in [0, 0.1) is 0 Å². The lowest BCUT2D eigenvalue weighted by atomic mass is 10.1. The first kappa shape index (κ1) is 11.7. The molecule has 12 heavy (non-hydrogen) atoms. The number of aliphatic hydroxyl groups is 2.